The fourth-order valence-corrected chi connectivity index (χ4v) is 3.99. The molecule has 0 aromatic heterocycles. The van der Waals surface area contributed by atoms with Crippen LogP contribution < -0.4 is 5.32 Å². The lowest BCUT2D eigenvalue weighted by molar-refractivity contribution is -0.383. The van der Waals surface area contributed by atoms with Crippen LogP contribution in [0.15, 0.2) is 18.2 Å². The van der Waals surface area contributed by atoms with Crippen molar-refractivity contribution in [3.05, 3.63) is 33.9 Å². The molecule has 1 saturated carbocycles. The van der Waals surface area contributed by atoms with E-state index in [4.69, 9.17) is 0 Å². The standard InChI is InChI=1S/C16H20N2O3/c1-16(2)9-4-3-7-11(16)13-10-6-5-8-12(18(20)21)14(10)17-15(13)19/h5-6,8,11,13H,3-4,7,9H2,1-2H3,(H,17,19). The van der Waals surface area contributed by atoms with Crippen LogP contribution in [0.2, 0.25) is 0 Å². The number of benzene rings is 1. The first kappa shape index (κ1) is 14.0. The quantitative estimate of drug-likeness (QED) is 0.663. The van der Waals surface area contributed by atoms with Crippen molar-refractivity contribution in [1.82, 2.24) is 0 Å². The molecule has 1 aromatic carbocycles. The summed E-state index contributed by atoms with van der Waals surface area (Å²) < 4.78 is 0. The number of amides is 1. The smallest absolute Gasteiger partial charge is 0.293 e. The topological polar surface area (TPSA) is 72.2 Å². The second-order valence-electron chi connectivity index (χ2n) is 6.81. The average Bonchev–Trinajstić information content (AvgIpc) is 2.74. The molecule has 1 aromatic rings. The number of fused-ring (bicyclic) bond motifs is 1. The molecule has 1 amide bonds. The molecule has 5 heteroatoms. The van der Waals surface area contributed by atoms with Crippen LogP contribution >= 0.6 is 0 Å². The van der Waals surface area contributed by atoms with Gasteiger partial charge in [-0.1, -0.05) is 38.8 Å². The summed E-state index contributed by atoms with van der Waals surface area (Å²) in [5.74, 6) is -0.0935. The number of carbonyl (C=O) groups is 1. The van der Waals surface area contributed by atoms with Crippen molar-refractivity contribution in [1.29, 1.82) is 0 Å². The van der Waals surface area contributed by atoms with Crippen molar-refractivity contribution in [3.8, 4) is 0 Å². The van der Waals surface area contributed by atoms with E-state index < -0.39 is 4.92 Å². The van der Waals surface area contributed by atoms with E-state index in [0.717, 1.165) is 24.8 Å². The Morgan fingerprint density at radius 1 is 1.33 bits per heavy atom. The summed E-state index contributed by atoms with van der Waals surface area (Å²) in [6, 6.07) is 4.99. The lowest BCUT2D eigenvalue weighted by atomic mass is 9.63. The summed E-state index contributed by atoms with van der Waals surface area (Å²) in [6.07, 6.45) is 4.43. The third-order valence-corrected chi connectivity index (χ3v) is 5.13. The average molecular weight is 288 g/mol. The van der Waals surface area contributed by atoms with E-state index in [9.17, 15) is 14.9 Å². The maximum Gasteiger partial charge on any atom is 0.293 e. The highest BCUT2D eigenvalue weighted by Gasteiger charge is 2.46. The largest absolute Gasteiger partial charge is 0.320 e. The molecule has 1 N–H and O–H groups in total. The molecule has 5 nitrogen and oxygen atoms in total. The zero-order chi connectivity index (χ0) is 15.2. The molecule has 1 aliphatic carbocycles. The van der Waals surface area contributed by atoms with Gasteiger partial charge in [-0.15, -0.1) is 0 Å². The van der Waals surface area contributed by atoms with E-state index in [-0.39, 0.29) is 28.8 Å². The third-order valence-electron chi connectivity index (χ3n) is 5.13. The third kappa shape index (κ3) is 2.20. The second kappa shape index (κ2) is 4.83. The monoisotopic (exact) mass is 288 g/mol. The molecule has 2 atom stereocenters. The predicted molar refractivity (Wildman–Crippen MR) is 80.2 cm³/mol. The molecule has 2 unspecified atom stereocenters. The SMILES string of the molecule is CC1(C)CCCCC1C1C(=O)Nc2c1cccc2[N+](=O)[O-]. The highest BCUT2D eigenvalue weighted by Crippen LogP contribution is 2.52. The van der Waals surface area contributed by atoms with Gasteiger partial charge in [0.05, 0.1) is 10.8 Å². The predicted octanol–water partition coefficient (Wildman–Crippen LogP) is 3.85. The lowest BCUT2D eigenvalue weighted by Gasteiger charge is -2.41. The van der Waals surface area contributed by atoms with Crippen LogP contribution in [0.3, 0.4) is 0 Å². The maximum atomic E-state index is 12.5. The summed E-state index contributed by atoms with van der Waals surface area (Å²) in [5, 5.41) is 13.9. The fraction of sp³-hybridized carbons (Fsp3) is 0.562. The maximum absolute atomic E-state index is 12.5. The van der Waals surface area contributed by atoms with Crippen LogP contribution in [-0.4, -0.2) is 10.8 Å². The molecule has 3 rings (SSSR count). The molecular formula is C16H20N2O3. The van der Waals surface area contributed by atoms with Crippen molar-refractivity contribution in [2.24, 2.45) is 11.3 Å². The van der Waals surface area contributed by atoms with Crippen molar-refractivity contribution in [2.75, 3.05) is 5.32 Å². The van der Waals surface area contributed by atoms with Gasteiger partial charge in [-0.2, -0.15) is 0 Å². The van der Waals surface area contributed by atoms with Gasteiger partial charge in [-0.25, -0.2) is 0 Å². The molecule has 1 heterocycles. The zero-order valence-corrected chi connectivity index (χ0v) is 12.4. The Morgan fingerprint density at radius 2 is 2.10 bits per heavy atom. The summed E-state index contributed by atoms with van der Waals surface area (Å²) in [7, 11) is 0. The number of anilines is 1. The molecular weight excluding hydrogens is 268 g/mol. The minimum Gasteiger partial charge on any atom is -0.320 e. The molecule has 0 saturated heterocycles. The summed E-state index contributed by atoms with van der Waals surface area (Å²) >= 11 is 0. The van der Waals surface area contributed by atoms with E-state index >= 15 is 0 Å². The van der Waals surface area contributed by atoms with Gasteiger partial charge in [-0.05, 0) is 29.7 Å². The number of hydrogen-bond donors (Lipinski definition) is 1. The van der Waals surface area contributed by atoms with E-state index in [0.29, 0.717) is 5.69 Å². The van der Waals surface area contributed by atoms with Gasteiger partial charge in [0.1, 0.15) is 5.69 Å². The summed E-state index contributed by atoms with van der Waals surface area (Å²) in [4.78, 5) is 23.2. The number of nitrogens with one attached hydrogen (secondary N) is 1. The molecule has 112 valence electrons. The number of para-hydroxylation sites is 1. The van der Waals surface area contributed by atoms with Crippen molar-refractivity contribution < 1.29 is 9.72 Å². The summed E-state index contributed by atoms with van der Waals surface area (Å²) in [5.41, 5.74) is 1.29. The van der Waals surface area contributed by atoms with Gasteiger partial charge in [0.15, 0.2) is 0 Å². The van der Waals surface area contributed by atoms with Crippen LogP contribution in [0.1, 0.15) is 51.0 Å². The molecule has 2 aliphatic rings. The van der Waals surface area contributed by atoms with Crippen molar-refractivity contribution >= 4 is 17.3 Å². The highest BCUT2D eigenvalue weighted by molar-refractivity contribution is 6.05. The van der Waals surface area contributed by atoms with Crippen molar-refractivity contribution in [2.45, 2.75) is 45.4 Å². The molecule has 1 fully saturated rings. The van der Waals surface area contributed by atoms with E-state index in [1.807, 2.05) is 6.07 Å². The van der Waals surface area contributed by atoms with Crippen molar-refractivity contribution in [3.63, 3.8) is 0 Å². The van der Waals surface area contributed by atoms with E-state index in [1.165, 1.54) is 12.5 Å². The molecule has 1 aliphatic heterocycles. The first-order valence-electron chi connectivity index (χ1n) is 7.50. The van der Waals surface area contributed by atoms with Gasteiger partial charge in [0.2, 0.25) is 5.91 Å². The second-order valence-corrected chi connectivity index (χ2v) is 6.81. The highest BCUT2D eigenvalue weighted by atomic mass is 16.6. The number of nitrogens with zero attached hydrogens (tertiary/aromatic N) is 1. The molecule has 0 spiro atoms. The van der Waals surface area contributed by atoms with Gasteiger partial charge < -0.3 is 5.32 Å². The van der Waals surface area contributed by atoms with E-state index in [1.54, 1.807) is 6.07 Å². The first-order chi connectivity index (χ1) is 9.92. The van der Waals surface area contributed by atoms with E-state index in [2.05, 4.69) is 19.2 Å². The fourth-order valence-electron chi connectivity index (χ4n) is 3.99. The summed E-state index contributed by atoms with van der Waals surface area (Å²) in [6.45, 7) is 4.42. The first-order valence-corrected chi connectivity index (χ1v) is 7.50. The Bertz CT molecular complexity index is 610. The number of nitro benzene ring substituents is 1. The Morgan fingerprint density at radius 3 is 2.76 bits per heavy atom. The van der Waals surface area contributed by atoms with Gasteiger partial charge in [0.25, 0.3) is 5.69 Å². The number of hydrogen-bond acceptors (Lipinski definition) is 3. The number of carbonyl (C=O) groups excluding carboxylic acids is 1. The molecule has 0 radical (unpaired) electrons. The van der Waals surface area contributed by atoms with Crippen LogP contribution in [0.25, 0.3) is 0 Å². The molecule has 0 bridgehead atoms. The normalized spacial score (nSPS) is 27.0. The van der Waals surface area contributed by atoms with Crippen LogP contribution in [0.5, 0.6) is 0 Å². The zero-order valence-electron chi connectivity index (χ0n) is 12.4. The number of nitro groups is 1. The Labute approximate surface area is 123 Å². The Kier molecular flexibility index (Phi) is 3.23. The van der Waals surface area contributed by atoms with Crippen LogP contribution in [0, 0.1) is 21.4 Å². The van der Waals surface area contributed by atoms with Gasteiger partial charge >= 0.3 is 0 Å². The Hall–Kier alpha value is -1.91. The molecule has 21 heavy (non-hydrogen) atoms. The van der Waals surface area contributed by atoms with Gasteiger partial charge in [-0.3, -0.25) is 14.9 Å². The number of rotatable bonds is 2. The Balaban J connectivity index is 2.05. The van der Waals surface area contributed by atoms with Crippen LogP contribution in [0.4, 0.5) is 11.4 Å². The minimum atomic E-state index is -0.423. The lowest BCUT2D eigenvalue weighted by Crippen LogP contribution is -2.35. The minimum absolute atomic E-state index is 0.00281. The van der Waals surface area contributed by atoms with Crippen LogP contribution in [-0.2, 0) is 4.79 Å². The van der Waals surface area contributed by atoms with Gasteiger partial charge in [0, 0.05) is 6.07 Å².